The zero-order valence-corrected chi connectivity index (χ0v) is 11.6. The molecule has 0 spiro atoms. The van der Waals surface area contributed by atoms with E-state index in [1.165, 1.54) is 31.2 Å². The highest BCUT2D eigenvalue weighted by Gasteiger charge is 2.28. The first kappa shape index (κ1) is 13.6. The summed E-state index contributed by atoms with van der Waals surface area (Å²) in [4.78, 5) is 0. The molecule has 0 amide bonds. The van der Waals surface area contributed by atoms with Crippen LogP contribution in [-0.4, -0.2) is 0 Å². The molecule has 0 aliphatic heterocycles. The van der Waals surface area contributed by atoms with Gasteiger partial charge in [0.2, 0.25) is 0 Å². The smallest absolute Gasteiger partial charge is 0.0991 e. The van der Waals surface area contributed by atoms with Crippen molar-refractivity contribution in [2.75, 3.05) is 0 Å². The van der Waals surface area contributed by atoms with Gasteiger partial charge in [-0.25, -0.2) is 0 Å². The summed E-state index contributed by atoms with van der Waals surface area (Å²) in [6.07, 6.45) is 14.9. The zero-order chi connectivity index (χ0) is 13.6. The maximum atomic E-state index is 8.90. The summed E-state index contributed by atoms with van der Waals surface area (Å²) in [6, 6.07) is 10.3. The molecule has 98 valence electrons. The second-order valence-corrected chi connectivity index (χ2v) is 5.29. The number of hydrogen-bond acceptors (Lipinski definition) is 1. The van der Waals surface area contributed by atoms with Crippen LogP contribution in [0, 0.1) is 11.3 Å². The lowest BCUT2D eigenvalue weighted by Gasteiger charge is -2.32. The van der Waals surface area contributed by atoms with Gasteiger partial charge in [-0.3, -0.25) is 0 Å². The molecule has 1 aromatic carbocycles. The monoisotopic (exact) mass is 251 g/mol. The van der Waals surface area contributed by atoms with Gasteiger partial charge in [0.15, 0.2) is 0 Å². The second-order valence-electron chi connectivity index (χ2n) is 5.29. The van der Waals surface area contributed by atoms with Gasteiger partial charge in [-0.05, 0) is 30.5 Å². The van der Waals surface area contributed by atoms with Gasteiger partial charge in [-0.15, -0.1) is 0 Å². The molecule has 0 heterocycles. The predicted molar refractivity (Wildman–Crippen MR) is 79.9 cm³/mol. The molecule has 0 saturated heterocycles. The van der Waals surface area contributed by atoms with Crippen molar-refractivity contribution in [3.05, 3.63) is 59.7 Å². The molecule has 0 radical (unpaired) electrons. The highest BCUT2D eigenvalue weighted by atomic mass is 14.3. The van der Waals surface area contributed by atoms with Crippen molar-refractivity contribution in [1.29, 1.82) is 5.26 Å². The Morgan fingerprint density at radius 2 is 1.95 bits per heavy atom. The number of nitrogens with zero attached hydrogens (tertiary/aromatic N) is 1. The molecule has 0 aromatic heterocycles. The summed E-state index contributed by atoms with van der Waals surface area (Å²) < 4.78 is 0. The molecule has 1 aromatic rings. The van der Waals surface area contributed by atoms with Crippen LogP contribution in [-0.2, 0) is 5.41 Å². The topological polar surface area (TPSA) is 23.8 Å². The standard InChI is InChI=1S/C18H21N/c1-2-3-5-12-18(13-6-4-7-14-18)17-10-8-16(15-19)9-11-17/h4,6-11,13H,2-3,5,12,14H2,1H3. The Kier molecular flexibility index (Phi) is 4.58. The Morgan fingerprint density at radius 3 is 2.53 bits per heavy atom. The normalized spacial score (nSPS) is 21.3. The van der Waals surface area contributed by atoms with Crippen LogP contribution in [0.3, 0.4) is 0 Å². The summed E-state index contributed by atoms with van der Waals surface area (Å²) in [5.41, 5.74) is 2.21. The molecule has 0 bridgehead atoms. The third-order valence-corrected chi connectivity index (χ3v) is 3.96. The minimum absolute atomic E-state index is 0.137. The van der Waals surface area contributed by atoms with Crippen LogP contribution in [0.1, 0.15) is 50.2 Å². The third kappa shape index (κ3) is 3.15. The Balaban J connectivity index is 2.24. The number of rotatable bonds is 5. The van der Waals surface area contributed by atoms with Crippen molar-refractivity contribution in [2.24, 2.45) is 0 Å². The largest absolute Gasteiger partial charge is 0.192 e. The summed E-state index contributed by atoms with van der Waals surface area (Å²) in [7, 11) is 0. The Bertz CT molecular complexity index is 501. The Labute approximate surface area is 116 Å². The van der Waals surface area contributed by atoms with Gasteiger partial charge in [0.25, 0.3) is 0 Å². The molecule has 1 heteroatoms. The fourth-order valence-electron chi connectivity index (χ4n) is 2.78. The molecule has 1 aliphatic rings. The Morgan fingerprint density at radius 1 is 1.16 bits per heavy atom. The fraction of sp³-hybridized carbons (Fsp3) is 0.389. The first-order chi connectivity index (χ1) is 9.30. The van der Waals surface area contributed by atoms with Gasteiger partial charge >= 0.3 is 0 Å². The SMILES string of the molecule is CCCCCC1(c2ccc(C#N)cc2)C=CC=CC1. The van der Waals surface area contributed by atoms with Crippen molar-refractivity contribution in [2.45, 2.75) is 44.4 Å². The minimum atomic E-state index is 0.137. The maximum absolute atomic E-state index is 8.90. The quantitative estimate of drug-likeness (QED) is 0.683. The van der Waals surface area contributed by atoms with Crippen LogP contribution in [0.15, 0.2) is 48.6 Å². The van der Waals surface area contributed by atoms with Crippen LogP contribution < -0.4 is 0 Å². The molecule has 1 nitrogen and oxygen atoms in total. The molecule has 0 saturated carbocycles. The van der Waals surface area contributed by atoms with E-state index in [4.69, 9.17) is 5.26 Å². The fourth-order valence-corrected chi connectivity index (χ4v) is 2.78. The van der Waals surface area contributed by atoms with Gasteiger partial charge < -0.3 is 0 Å². The molecule has 19 heavy (non-hydrogen) atoms. The molecular formula is C18H21N. The van der Waals surface area contributed by atoms with Crippen molar-refractivity contribution < 1.29 is 0 Å². The first-order valence-corrected chi connectivity index (χ1v) is 7.16. The van der Waals surface area contributed by atoms with Crippen molar-refractivity contribution in [3.63, 3.8) is 0 Å². The van der Waals surface area contributed by atoms with E-state index in [0.717, 1.165) is 12.0 Å². The molecule has 1 unspecified atom stereocenters. The van der Waals surface area contributed by atoms with Crippen molar-refractivity contribution in [1.82, 2.24) is 0 Å². The zero-order valence-electron chi connectivity index (χ0n) is 11.6. The van der Waals surface area contributed by atoms with Crippen molar-refractivity contribution in [3.8, 4) is 6.07 Å². The van der Waals surface area contributed by atoms with E-state index < -0.39 is 0 Å². The van der Waals surface area contributed by atoms with E-state index >= 15 is 0 Å². The van der Waals surface area contributed by atoms with E-state index in [9.17, 15) is 0 Å². The number of benzene rings is 1. The lowest BCUT2D eigenvalue weighted by atomic mass is 9.72. The summed E-state index contributed by atoms with van der Waals surface area (Å²) in [5.74, 6) is 0. The molecule has 0 fully saturated rings. The molecule has 2 rings (SSSR count). The predicted octanol–water partition coefficient (Wildman–Crippen LogP) is 4.89. The highest BCUT2D eigenvalue weighted by molar-refractivity contribution is 5.40. The lowest BCUT2D eigenvalue weighted by Crippen LogP contribution is -2.24. The number of nitriles is 1. The summed E-state index contributed by atoms with van der Waals surface area (Å²) in [6.45, 7) is 2.24. The highest BCUT2D eigenvalue weighted by Crippen LogP contribution is 2.37. The van der Waals surface area contributed by atoms with Gasteiger partial charge in [-0.1, -0.05) is 62.6 Å². The number of allylic oxidation sites excluding steroid dienone is 4. The van der Waals surface area contributed by atoms with Gasteiger partial charge in [0.05, 0.1) is 11.6 Å². The van der Waals surface area contributed by atoms with Crippen LogP contribution in [0.25, 0.3) is 0 Å². The van der Waals surface area contributed by atoms with Crippen LogP contribution in [0.4, 0.5) is 0 Å². The van der Waals surface area contributed by atoms with E-state index in [1.807, 2.05) is 12.1 Å². The lowest BCUT2D eigenvalue weighted by molar-refractivity contribution is 0.461. The van der Waals surface area contributed by atoms with Gasteiger partial charge in [0, 0.05) is 5.41 Å². The number of hydrogen-bond donors (Lipinski definition) is 0. The first-order valence-electron chi connectivity index (χ1n) is 7.16. The average Bonchev–Trinajstić information content (AvgIpc) is 2.49. The molecular weight excluding hydrogens is 230 g/mol. The van der Waals surface area contributed by atoms with Gasteiger partial charge in [-0.2, -0.15) is 5.26 Å². The maximum Gasteiger partial charge on any atom is 0.0991 e. The van der Waals surface area contributed by atoms with E-state index in [2.05, 4.69) is 49.4 Å². The third-order valence-electron chi connectivity index (χ3n) is 3.96. The van der Waals surface area contributed by atoms with Crippen LogP contribution in [0.5, 0.6) is 0 Å². The van der Waals surface area contributed by atoms with Crippen molar-refractivity contribution >= 4 is 0 Å². The summed E-state index contributed by atoms with van der Waals surface area (Å²) >= 11 is 0. The molecule has 1 aliphatic carbocycles. The summed E-state index contributed by atoms with van der Waals surface area (Å²) in [5, 5.41) is 8.90. The van der Waals surface area contributed by atoms with Gasteiger partial charge in [0.1, 0.15) is 0 Å². The Hall–Kier alpha value is -1.81. The molecule has 1 atom stereocenters. The number of unbranched alkanes of at least 4 members (excludes halogenated alkanes) is 2. The minimum Gasteiger partial charge on any atom is -0.192 e. The second kappa shape index (κ2) is 6.38. The van der Waals surface area contributed by atoms with Crippen LogP contribution in [0.2, 0.25) is 0 Å². The average molecular weight is 251 g/mol. The van der Waals surface area contributed by atoms with E-state index in [-0.39, 0.29) is 5.41 Å². The van der Waals surface area contributed by atoms with Crippen LogP contribution >= 0.6 is 0 Å². The van der Waals surface area contributed by atoms with E-state index in [1.54, 1.807) is 0 Å². The van der Waals surface area contributed by atoms with E-state index in [0.29, 0.717) is 0 Å². The molecule has 0 N–H and O–H groups in total.